The van der Waals surface area contributed by atoms with Gasteiger partial charge in [0.25, 0.3) is 0 Å². The zero-order valence-corrected chi connectivity index (χ0v) is 33.3. The molecular weight excluding hydrogens is 649 g/mol. The van der Waals surface area contributed by atoms with Crippen LogP contribution >= 0.6 is 0 Å². The van der Waals surface area contributed by atoms with Crippen LogP contribution < -0.4 is 5.32 Å². The van der Waals surface area contributed by atoms with Crippen molar-refractivity contribution >= 4 is 23.4 Å². The molecule has 286 valence electrons. The van der Waals surface area contributed by atoms with Crippen molar-refractivity contribution in [1.82, 2.24) is 10.2 Å². The molecule has 0 radical (unpaired) electrons. The number of allylic oxidation sites excluding steroid dienone is 3. The van der Waals surface area contributed by atoms with Crippen molar-refractivity contribution in [3.8, 4) is 0 Å². The summed E-state index contributed by atoms with van der Waals surface area (Å²) in [7, 11) is 0. The van der Waals surface area contributed by atoms with Crippen LogP contribution in [0.4, 0.5) is 0 Å². The summed E-state index contributed by atoms with van der Waals surface area (Å²) in [6, 6.07) is 7.71. The zero-order valence-electron chi connectivity index (χ0n) is 33.3. The second-order valence-corrected chi connectivity index (χ2v) is 19.3. The summed E-state index contributed by atoms with van der Waals surface area (Å²) in [5.74, 6) is 0.781. The smallest absolute Gasteiger partial charge is 0.335 e. The second-order valence-electron chi connectivity index (χ2n) is 19.3. The molecule has 5 aliphatic carbocycles. The van der Waals surface area contributed by atoms with Crippen molar-refractivity contribution in [3.63, 3.8) is 0 Å². The summed E-state index contributed by atoms with van der Waals surface area (Å²) in [6.07, 6.45) is 12.3. The first-order valence-corrected chi connectivity index (χ1v) is 20.3. The molecule has 5 aliphatic rings. The maximum absolute atomic E-state index is 14.5. The van der Waals surface area contributed by atoms with E-state index in [0.29, 0.717) is 54.8 Å². The molecule has 1 aromatic rings. The van der Waals surface area contributed by atoms with Crippen molar-refractivity contribution < 1.29 is 24.6 Å². The molecule has 0 bridgehead atoms. The van der Waals surface area contributed by atoms with Gasteiger partial charge in [-0.1, -0.05) is 65.0 Å². The quantitative estimate of drug-likeness (QED) is 0.197. The van der Waals surface area contributed by atoms with Crippen molar-refractivity contribution in [2.24, 2.45) is 56.7 Å². The Kier molecular flexibility index (Phi) is 10.2. The fraction of sp³-hybridized carbons (Fsp3) is 0.711. The Labute approximate surface area is 313 Å². The third-order valence-corrected chi connectivity index (χ3v) is 16.6. The molecule has 9 atom stereocenters. The number of carbonyl (C=O) groups is 3. The predicted molar refractivity (Wildman–Crippen MR) is 208 cm³/mol. The van der Waals surface area contributed by atoms with Crippen molar-refractivity contribution in [2.75, 3.05) is 19.6 Å². The summed E-state index contributed by atoms with van der Waals surface area (Å²) in [6.45, 7) is 25.3. The highest BCUT2D eigenvalue weighted by molar-refractivity contribution is 5.88. The molecule has 0 spiro atoms. The number of carboxylic acids is 2. The van der Waals surface area contributed by atoms with E-state index < -0.39 is 11.9 Å². The van der Waals surface area contributed by atoms with E-state index in [2.05, 4.69) is 78.3 Å². The number of nitrogens with zero attached hydrogens (tertiary/aromatic N) is 1. The van der Waals surface area contributed by atoms with Crippen LogP contribution in [-0.4, -0.2) is 58.6 Å². The number of hydrogen-bond donors (Lipinski definition) is 3. The molecule has 0 aliphatic heterocycles. The summed E-state index contributed by atoms with van der Waals surface area (Å²) >= 11 is 0. The number of aromatic carboxylic acids is 1. The minimum Gasteiger partial charge on any atom is -0.481 e. The monoisotopic (exact) mass is 714 g/mol. The van der Waals surface area contributed by atoms with E-state index in [9.17, 15) is 24.6 Å². The van der Waals surface area contributed by atoms with Gasteiger partial charge in [-0.05, 0) is 153 Å². The average Bonchev–Trinajstić information content (AvgIpc) is 3.47. The molecular formula is C45H66N2O5. The van der Waals surface area contributed by atoms with Crippen molar-refractivity contribution in [3.05, 3.63) is 53.6 Å². The molecule has 3 N–H and O–H groups in total. The number of aliphatic carboxylic acids is 1. The highest BCUT2D eigenvalue weighted by Gasteiger charge is 2.71. The van der Waals surface area contributed by atoms with Gasteiger partial charge in [0.2, 0.25) is 5.91 Å². The van der Waals surface area contributed by atoms with E-state index >= 15 is 0 Å². The average molecular weight is 715 g/mol. The second kappa shape index (κ2) is 13.7. The first kappa shape index (κ1) is 38.8. The van der Waals surface area contributed by atoms with Crippen molar-refractivity contribution in [2.45, 2.75) is 126 Å². The van der Waals surface area contributed by atoms with Crippen LogP contribution in [0.25, 0.3) is 5.57 Å². The summed E-state index contributed by atoms with van der Waals surface area (Å²) in [5.41, 5.74) is 4.11. The van der Waals surface area contributed by atoms with Crippen LogP contribution in [0.1, 0.15) is 136 Å². The van der Waals surface area contributed by atoms with Crippen LogP contribution in [0, 0.1) is 56.7 Å². The van der Waals surface area contributed by atoms with Crippen LogP contribution in [0.2, 0.25) is 0 Å². The third kappa shape index (κ3) is 6.00. The number of amides is 1. The number of rotatable bonds is 11. The van der Waals surface area contributed by atoms with Gasteiger partial charge in [0.05, 0.1) is 17.4 Å². The molecule has 1 amide bonds. The summed E-state index contributed by atoms with van der Waals surface area (Å²) in [4.78, 5) is 39.5. The fourth-order valence-electron chi connectivity index (χ4n) is 13.8. The molecule has 0 heterocycles. The van der Waals surface area contributed by atoms with Gasteiger partial charge in [0.1, 0.15) is 0 Å². The Balaban J connectivity index is 1.26. The molecule has 1 aromatic carbocycles. The Hall–Kier alpha value is -2.93. The molecule has 7 nitrogen and oxygen atoms in total. The maximum atomic E-state index is 14.5. The minimum absolute atomic E-state index is 0.0358. The Morgan fingerprint density at radius 1 is 0.885 bits per heavy atom. The topological polar surface area (TPSA) is 107 Å². The Morgan fingerprint density at radius 3 is 2.19 bits per heavy atom. The number of benzene rings is 1. The van der Waals surface area contributed by atoms with Crippen LogP contribution in [0.5, 0.6) is 0 Å². The van der Waals surface area contributed by atoms with Gasteiger partial charge in [-0.2, -0.15) is 0 Å². The minimum atomic E-state index is -0.887. The van der Waals surface area contributed by atoms with Gasteiger partial charge >= 0.3 is 11.9 Å². The summed E-state index contributed by atoms with van der Waals surface area (Å²) in [5, 5.41) is 22.2. The maximum Gasteiger partial charge on any atom is 0.335 e. The lowest BCUT2D eigenvalue weighted by molar-refractivity contribution is -0.225. The van der Waals surface area contributed by atoms with Crippen LogP contribution in [-0.2, 0) is 9.59 Å². The van der Waals surface area contributed by atoms with Gasteiger partial charge in [-0.25, -0.2) is 4.79 Å². The lowest BCUT2D eigenvalue weighted by atomic mass is 9.32. The third-order valence-electron chi connectivity index (χ3n) is 16.6. The van der Waals surface area contributed by atoms with Gasteiger partial charge in [-0.15, -0.1) is 0 Å². The van der Waals surface area contributed by atoms with E-state index in [-0.39, 0.29) is 45.4 Å². The van der Waals surface area contributed by atoms with Crippen LogP contribution in [0.15, 0.2) is 42.5 Å². The lowest BCUT2D eigenvalue weighted by Gasteiger charge is -2.72. The van der Waals surface area contributed by atoms with E-state index in [1.54, 1.807) is 12.1 Å². The van der Waals surface area contributed by atoms with Gasteiger partial charge in [-0.3, -0.25) is 14.5 Å². The normalized spacial score (nSPS) is 37.7. The number of carboxylic acid groups (broad SMARTS) is 2. The number of nitrogens with one attached hydrogen (secondary N) is 1. The molecule has 4 fully saturated rings. The Morgan fingerprint density at radius 2 is 1.58 bits per heavy atom. The molecule has 6 rings (SSSR count). The van der Waals surface area contributed by atoms with E-state index in [0.717, 1.165) is 44.1 Å². The molecule has 9 unspecified atom stereocenters. The summed E-state index contributed by atoms with van der Waals surface area (Å²) < 4.78 is 0. The Bertz CT molecular complexity index is 1610. The van der Waals surface area contributed by atoms with Crippen LogP contribution in [0.3, 0.4) is 0 Å². The fourth-order valence-corrected chi connectivity index (χ4v) is 13.8. The molecule has 0 aromatic heterocycles. The molecule has 52 heavy (non-hydrogen) atoms. The highest BCUT2D eigenvalue weighted by Crippen LogP contribution is 2.77. The highest BCUT2D eigenvalue weighted by atomic mass is 16.4. The molecule has 7 heteroatoms. The SMILES string of the molecule is C=C(C)C1CCC2(C(=O)NCCN(CCC(=O)O)C(C)C)CCC3(C)C(CCC4C5(C)CC=C(c6ccc(C(=O)O)cc6)C(C)(C)C5CCC43C)C12. The predicted octanol–water partition coefficient (Wildman–Crippen LogP) is 9.34. The van der Waals surface area contributed by atoms with E-state index in [4.69, 9.17) is 0 Å². The number of hydrogen-bond acceptors (Lipinski definition) is 4. The van der Waals surface area contributed by atoms with Gasteiger partial charge < -0.3 is 15.5 Å². The van der Waals surface area contributed by atoms with Crippen molar-refractivity contribution in [1.29, 1.82) is 0 Å². The van der Waals surface area contributed by atoms with E-state index in [1.807, 2.05) is 12.1 Å². The number of fused-ring (bicyclic) bond motifs is 7. The first-order valence-electron chi connectivity index (χ1n) is 20.3. The van der Waals surface area contributed by atoms with Gasteiger partial charge in [0.15, 0.2) is 0 Å². The molecule has 4 saturated carbocycles. The van der Waals surface area contributed by atoms with Gasteiger partial charge in [0, 0.05) is 25.7 Å². The largest absolute Gasteiger partial charge is 0.481 e. The standard InChI is InChI=1S/C45H66N2O5/c1-28(2)32-16-22-45(40(52)46-25-27-47(29(3)4)26-19-37(48)49)24-23-43(8)34(38(32)45)14-15-36-42(7)20-17-33(30-10-12-31(13-11-30)39(50)51)41(5,6)35(42)18-21-44(36,43)9/h10-13,17,29,32,34-36,38H,1,14-16,18-27H2,2-9H3,(H,46,52)(H,48,49)(H,50,51). The zero-order chi connectivity index (χ0) is 38.0. The lowest BCUT2D eigenvalue weighted by Crippen LogP contribution is -2.66. The number of carbonyl (C=O) groups excluding carboxylic acids is 1. The van der Waals surface area contributed by atoms with E-state index in [1.165, 1.54) is 30.4 Å². The molecule has 0 saturated heterocycles. The first-order chi connectivity index (χ1) is 24.3.